The van der Waals surface area contributed by atoms with Crippen LogP contribution in [0.3, 0.4) is 0 Å². The number of benzene rings is 1. The highest BCUT2D eigenvalue weighted by Gasteiger charge is 2.40. The molecule has 0 saturated carbocycles. The van der Waals surface area contributed by atoms with E-state index >= 15 is 0 Å². The zero-order valence-corrected chi connectivity index (χ0v) is 20.5. The van der Waals surface area contributed by atoms with Crippen molar-refractivity contribution in [2.75, 3.05) is 19.8 Å². The number of carbonyl (C=O) groups is 3. The molecule has 2 atom stereocenters. The molecule has 0 spiro atoms. The van der Waals surface area contributed by atoms with Crippen LogP contribution in [-0.4, -0.2) is 80.1 Å². The van der Waals surface area contributed by atoms with Crippen LogP contribution in [0.1, 0.15) is 36.8 Å². The Hall–Kier alpha value is -3.68. The fourth-order valence-electron chi connectivity index (χ4n) is 3.70. The third kappa shape index (κ3) is 9.37. The Morgan fingerprint density at radius 3 is 2.35 bits per heavy atom. The zero-order valence-electron chi connectivity index (χ0n) is 20.5. The standard InChI is InChI=1S/C18H24N2O4.C6H8O7/c1-3-23-18-7-13(4-5-17(18)21)9-19-16-11-22-10-14(16)8-15-6-12(2)20-24-15;7-3(8)1-6(13,5(11)12)2-4(9)10/h4-7,14,16,19,21H,3,8-11H2,1-2H3;13H,1-2H2,(H,7,8)(H,9,10)(H,11,12)/t14-,16-;/m1./s1. The highest BCUT2D eigenvalue weighted by atomic mass is 16.5. The molecule has 37 heavy (non-hydrogen) atoms. The number of hydrogen-bond acceptors (Lipinski definition) is 10. The van der Waals surface area contributed by atoms with E-state index in [0.717, 1.165) is 30.0 Å². The number of nitrogens with zero attached hydrogens (tertiary/aromatic N) is 1. The first-order valence-corrected chi connectivity index (χ1v) is 11.5. The number of aryl methyl sites for hydroxylation is 1. The van der Waals surface area contributed by atoms with Crippen LogP contribution in [0.4, 0.5) is 0 Å². The summed E-state index contributed by atoms with van der Waals surface area (Å²) < 4.78 is 16.4. The lowest BCUT2D eigenvalue weighted by atomic mass is 9.96. The summed E-state index contributed by atoms with van der Waals surface area (Å²) in [6.07, 6.45) is -1.47. The summed E-state index contributed by atoms with van der Waals surface area (Å²) in [5.41, 5.74) is -0.768. The van der Waals surface area contributed by atoms with Gasteiger partial charge in [-0.15, -0.1) is 0 Å². The van der Waals surface area contributed by atoms with Crippen LogP contribution < -0.4 is 10.1 Å². The van der Waals surface area contributed by atoms with Crippen molar-refractivity contribution in [1.29, 1.82) is 0 Å². The van der Waals surface area contributed by atoms with Crippen molar-refractivity contribution in [2.24, 2.45) is 5.92 Å². The minimum Gasteiger partial charge on any atom is -0.504 e. The zero-order chi connectivity index (χ0) is 27.6. The first kappa shape index (κ1) is 29.5. The molecule has 1 aromatic carbocycles. The third-order valence-corrected chi connectivity index (χ3v) is 5.52. The molecule has 2 aromatic rings. The van der Waals surface area contributed by atoms with E-state index in [4.69, 9.17) is 34.4 Å². The van der Waals surface area contributed by atoms with E-state index in [1.807, 2.05) is 32.0 Å². The van der Waals surface area contributed by atoms with E-state index in [1.165, 1.54) is 0 Å². The van der Waals surface area contributed by atoms with Gasteiger partial charge in [0.2, 0.25) is 0 Å². The lowest BCUT2D eigenvalue weighted by molar-refractivity contribution is -0.170. The Labute approximate surface area is 212 Å². The molecule has 0 bridgehead atoms. The summed E-state index contributed by atoms with van der Waals surface area (Å²) in [7, 11) is 0. The van der Waals surface area contributed by atoms with Crippen molar-refractivity contribution in [3.8, 4) is 11.5 Å². The van der Waals surface area contributed by atoms with Crippen LogP contribution in [-0.2, 0) is 32.1 Å². The molecule has 13 nitrogen and oxygen atoms in total. The van der Waals surface area contributed by atoms with Crippen molar-refractivity contribution in [3.63, 3.8) is 0 Å². The Morgan fingerprint density at radius 2 is 1.81 bits per heavy atom. The van der Waals surface area contributed by atoms with Gasteiger partial charge in [-0.3, -0.25) is 9.59 Å². The van der Waals surface area contributed by atoms with Gasteiger partial charge in [-0.25, -0.2) is 4.79 Å². The molecule has 3 rings (SSSR count). The monoisotopic (exact) mass is 524 g/mol. The second-order valence-electron chi connectivity index (χ2n) is 8.64. The van der Waals surface area contributed by atoms with E-state index in [1.54, 1.807) is 6.07 Å². The van der Waals surface area contributed by atoms with Gasteiger partial charge in [0.25, 0.3) is 0 Å². The predicted octanol–water partition coefficient (Wildman–Crippen LogP) is 1.19. The molecule has 2 heterocycles. The molecule has 1 aromatic heterocycles. The maximum absolute atomic E-state index is 10.3. The number of aromatic hydroxyl groups is 1. The van der Waals surface area contributed by atoms with Crippen LogP contribution in [0.2, 0.25) is 0 Å². The number of ether oxygens (including phenoxy) is 2. The molecule has 13 heteroatoms. The maximum Gasteiger partial charge on any atom is 0.336 e. The second kappa shape index (κ2) is 13.6. The summed E-state index contributed by atoms with van der Waals surface area (Å²) in [6.45, 7) is 6.45. The van der Waals surface area contributed by atoms with E-state index in [0.29, 0.717) is 31.4 Å². The fourth-order valence-corrected chi connectivity index (χ4v) is 3.70. The van der Waals surface area contributed by atoms with Gasteiger partial charge in [-0.05, 0) is 31.5 Å². The number of carboxylic acid groups (broad SMARTS) is 3. The largest absolute Gasteiger partial charge is 0.504 e. The molecule has 0 radical (unpaired) electrons. The Kier molecular flexibility index (Phi) is 10.8. The topological polar surface area (TPSA) is 209 Å². The van der Waals surface area contributed by atoms with Crippen molar-refractivity contribution in [2.45, 2.75) is 51.3 Å². The highest BCUT2D eigenvalue weighted by Crippen LogP contribution is 2.27. The molecule has 204 valence electrons. The average Bonchev–Trinajstić information content (AvgIpc) is 3.42. The van der Waals surface area contributed by atoms with Gasteiger partial charge in [0, 0.05) is 31.0 Å². The number of rotatable bonds is 12. The third-order valence-electron chi connectivity index (χ3n) is 5.52. The number of aliphatic carboxylic acids is 3. The summed E-state index contributed by atoms with van der Waals surface area (Å²) in [5, 5.41) is 51.1. The number of aliphatic hydroxyl groups is 1. The number of nitrogens with one attached hydrogen (secondary N) is 1. The second-order valence-corrected chi connectivity index (χ2v) is 8.64. The minimum absolute atomic E-state index is 0.170. The van der Waals surface area contributed by atoms with Gasteiger partial charge in [-0.2, -0.15) is 0 Å². The lowest BCUT2D eigenvalue weighted by Crippen LogP contribution is -2.42. The molecule has 1 aliphatic heterocycles. The van der Waals surface area contributed by atoms with Crippen LogP contribution in [0.15, 0.2) is 28.8 Å². The Balaban J connectivity index is 0.000000317. The summed E-state index contributed by atoms with van der Waals surface area (Å²) in [4.78, 5) is 30.5. The lowest BCUT2D eigenvalue weighted by Gasteiger charge is -2.18. The van der Waals surface area contributed by atoms with Gasteiger partial charge < -0.3 is 44.8 Å². The van der Waals surface area contributed by atoms with Crippen LogP contribution in [0.25, 0.3) is 0 Å². The molecular formula is C24H32N2O11. The van der Waals surface area contributed by atoms with E-state index in [2.05, 4.69) is 10.5 Å². The number of phenols is 1. The number of hydrogen-bond donors (Lipinski definition) is 6. The van der Waals surface area contributed by atoms with Crippen molar-refractivity contribution in [3.05, 3.63) is 41.3 Å². The van der Waals surface area contributed by atoms with Gasteiger partial charge in [0.15, 0.2) is 17.1 Å². The van der Waals surface area contributed by atoms with E-state index in [9.17, 15) is 19.5 Å². The molecule has 0 amide bonds. The summed E-state index contributed by atoms with van der Waals surface area (Å²) in [5.74, 6) is -3.06. The SMILES string of the molecule is CCOc1cc(CN[C@@H]2COC[C@H]2Cc2cc(C)no2)ccc1O.O=C(O)CC(O)(CC(=O)O)C(=O)O. The fraction of sp³-hybridized carbons (Fsp3) is 0.500. The first-order valence-electron chi connectivity index (χ1n) is 11.5. The van der Waals surface area contributed by atoms with Gasteiger partial charge in [0.05, 0.1) is 38.4 Å². The molecule has 1 fully saturated rings. The Morgan fingerprint density at radius 1 is 1.14 bits per heavy atom. The molecular weight excluding hydrogens is 492 g/mol. The van der Waals surface area contributed by atoms with E-state index < -0.39 is 36.4 Å². The van der Waals surface area contributed by atoms with Gasteiger partial charge >= 0.3 is 17.9 Å². The molecule has 0 unspecified atom stereocenters. The number of aromatic nitrogens is 1. The summed E-state index contributed by atoms with van der Waals surface area (Å²) in [6, 6.07) is 7.68. The smallest absolute Gasteiger partial charge is 0.336 e. The van der Waals surface area contributed by atoms with Crippen LogP contribution in [0.5, 0.6) is 11.5 Å². The van der Waals surface area contributed by atoms with Crippen molar-refractivity contribution in [1.82, 2.24) is 10.5 Å². The number of phenolic OH excluding ortho intramolecular Hbond substituents is 1. The van der Waals surface area contributed by atoms with Crippen molar-refractivity contribution < 1.29 is 53.9 Å². The van der Waals surface area contributed by atoms with Gasteiger partial charge in [0.1, 0.15) is 5.76 Å². The summed E-state index contributed by atoms with van der Waals surface area (Å²) >= 11 is 0. The highest BCUT2D eigenvalue weighted by molar-refractivity contribution is 5.88. The molecule has 0 aliphatic carbocycles. The molecule has 6 N–H and O–H groups in total. The normalized spacial score (nSPS) is 17.1. The minimum atomic E-state index is -2.74. The molecule has 1 saturated heterocycles. The van der Waals surface area contributed by atoms with Crippen LogP contribution in [0, 0.1) is 12.8 Å². The predicted molar refractivity (Wildman–Crippen MR) is 126 cm³/mol. The number of carboxylic acids is 3. The average molecular weight is 525 g/mol. The van der Waals surface area contributed by atoms with E-state index in [-0.39, 0.29) is 11.8 Å². The molecule has 1 aliphatic rings. The van der Waals surface area contributed by atoms with Gasteiger partial charge in [-0.1, -0.05) is 11.2 Å². The quantitative estimate of drug-likeness (QED) is 0.231. The first-order chi connectivity index (χ1) is 17.4. The maximum atomic E-state index is 10.3. The van der Waals surface area contributed by atoms with Crippen LogP contribution >= 0.6 is 0 Å². The van der Waals surface area contributed by atoms with Crippen molar-refractivity contribution >= 4 is 17.9 Å². The Bertz CT molecular complexity index is 1050.